The monoisotopic (exact) mass is 363 g/mol. The van der Waals surface area contributed by atoms with E-state index in [1.165, 1.54) is 0 Å². The molecule has 5 rings (SSSR count). The van der Waals surface area contributed by atoms with Crippen LogP contribution in [0.1, 0.15) is 28.7 Å². The van der Waals surface area contributed by atoms with Gasteiger partial charge >= 0.3 is 0 Å². The molecule has 0 amide bonds. The van der Waals surface area contributed by atoms with E-state index in [0.717, 1.165) is 46.6 Å². The fraction of sp³-hybridized carbons (Fsp3) is 0.261. The molecule has 0 aromatic heterocycles. The number of anilines is 1. The van der Waals surface area contributed by atoms with Crippen LogP contribution < -0.4 is 10.6 Å². The molecule has 134 valence electrons. The van der Waals surface area contributed by atoms with Gasteiger partial charge in [0, 0.05) is 23.5 Å². The molecule has 2 N–H and O–H groups in total. The van der Waals surface area contributed by atoms with Gasteiger partial charge in [0.25, 0.3) is 0 Å². The summed E-state index contributed by atoms with van der Waals surface area (Å²) >= 11 is 0. The molecule has 1 aliphatic carbocycles. The highest BCUT2D eigenvalue weighted by Crippen LogP contribution is 2.64. The van der Waals surface area contributed by atoms with Crippen molar-refractivity contribution in [3.05, 3.63) is 70.4 Å². The fourth-order valence-corrected chi connectivity index (χ4v) is 5.29. The summed E-state index contributed by atoms with van der Waals surface area (Å²) in [6.07, 6.45) is 0.835. The maximum absolute atomic E-state index is 10.3. The first-order valence-electron chi connectivity index (χ1n) is 9.30. The molecule has 0 unspecified atom stereocenters. The summed E-state index contributed by atoms with van der Waals surface area (Å²) in [6, 6.07) is 19.9. The van der Waals surface area contributed by atoms with Crippen LogP contribution >= 0.6 is 0 Å². The molecular weight excluding hydrogens is 346 g/mol. The molecule has 2 atom stereocenters. The predicted molar refractivity (Wildman–Crippen MR) is 105 cm³/mol. The molecule has 0 bridgehead atoms. The summed E-state index contributed by atoms with van der Waals surface area (Å²) in [5, 5.41) is 36.7. The van der Waals surface area contributed by atoms with Gasteiger partial charge in [-0.3, -0.25) is 0 Å². The minimum Gasteiger partial charge on any atom is -0.387 e. The number of rotatable bonds is 1. The largest absolute Gasteiger partial charge is 0.387 e. The van der Waals surface area contributed by atoms with Gasteiger partial charge in [-0.2, -0.15) is 15.8 Å². The predicted octanol–water partition coefficient (Wildman–Crippen LogP) is 3.35. The molecule has 1 saturated heterocycles. The van der Waals surface area contributed by atoms with Crippen LogP contribution in [-0.4, -0.2) is 12.6 Å². The van der Waals surface area contributed by atoms with Gasteiger partial charge in [0.1, 0.15) is 0 Å². The first-order chi connectivity index (χ1) is 13.6. The Balaban J connectivity index is 1.84. The van der Waals surface area contributed by atoms with Gasteiger partial charge < -0.3 is 10.6 Å². The molecule has 1 spiro atoms. The Morgan fingerprint density at radius 3 is 2.46 bits per heavy atom. The van der Waals surface area contributed by atoms with Crippen molar-refractivity contribution in [1.29, 1.82) is 15.8 Å². The zero-order chi connectivity index (χ0) is 19.5. The van der Waals surface area contributed by atoms with Crippen molar-refractivity contribution in [2.45, 2.75) is 24.8 Å². The molecule has 5 nitrogen and oxygen atoms in total. The Kier molecular flexibility index (Phi) is 3.16. The van der Waals surface area contributed by atoms with E-state index >= 15 is 0 Å². The van der Waals surface area contributed by atoms with Gasteiger partial charge in [0.15, 0.2) is 5.41 Å². The molecule has 1 fully saturated rings. The fourth-order valence-electron chi connectivity index (χ4n) is 5.29. The third kappa shape index (κ3) is 1.73. The van der Waals surface area contributed by atoms with Gasteiger partial charge in [-0.05, 0) is 42.7 Å². The number of hydrogen-bond acceptors (Lipinski definition) is 5. The number of nitrogens with zero attached hydrogens (tertiary/aromatic N) is 3. The van der Waals surface area contributed by atoms with Crippen molar-refractivity contribution >= 4 is 11.3 Å². The lowest BCUT2D eigenvalue weighted by molar-refractivity contribution is 0.416. The van der Waals surface area contributed by atoms with Crippen molar-refractivity contribution in [2.24, 2.45) is 5.41 Å². The SMILES string of the molecule is Cc1ccc2c(c1)[C@@]13CCNC1=C(c1ccc(C#N)cc1)C(C#N)(C#N)[C@H]3N2. The van der Waals surface area contributed by atoms with Crippen LogP contribution in [0.15, 0.2) is 48.2 Å². The zero-order valence-corrected chi connectivity index (χ0v) is 15.4. The minimum atomic E-state index is -1.32. The van der Waals surface area contributed by atoms with E-state index in [9.17, 15) is 10.5 Å². The highest BCUT2D eigenvalue weighted by molar-refractivity contribution is 5.90. The molecule has 2 aromatic carbocycles. The van der Waals surface area contributed by atoms with E-state index in [-0.39, 0.29) is 6.04 Å². The second kappa shape index (κ2) is 5.38. The van der Waals surface area contributed by atoms with Gasteiger partial charge in [0.2, 0.25) is 0 Å². The first-order valence-corrected chi connectivity index (χ1v) is 9.30. The van der Waals surface area contributed by atoms with Crippen LogP contribution in [0.5, 0.6) is 0 Å². The molecule has 2 aliphatic heterocycles. The zero-order valence-electron chi connectivity index (χ0n) is 15.4. The van der Waals surface area contributed by atoms with Crippen LogP contribution in [0.4, 0.5) is 5.69 Å². The molecule has 5 heteroatoms. The number of benzene rings is 2. The number of nitrogens with one attached hydrogen (secondary N) is 2. The molecule has 0 saturated carbocycles. The third-order valence-corrected chi connectivity index (χ3v) is 6.45. The maximum Gasteiger partial charge on any atom is 0.191 e. The van der Waals surface area contributed by atoms with E-state index in [1.54, 1.807) is 12.1 Å². The average Bonchev–Trinajstić information content (AvgIpc) is 3.35. The molecule has 0 radical (unpaired) electrons. The lowest BCUT2D eigenvalue weighted by atomic mass is 9.69. The Bertz CT molecular complexity index is 1160. The van der Waals surface area contributed by atoms with Gasteiger partial charge in [-0.15, -0.1) is 0 Å². The highest BCUT2D eigenvalue weighted by Gasteiger charge is 2.68. The second-order valence-electron chi connectivity index (χ2n) is 7.75. The average molecular weight is 363 g/mol. The van der Waals surface area contributed by atoms with E-state index < -0.39 is 10.8 Å². The van der Waals surface area contributed by atoms with Gasteiger partial charge in [0.05, 0.1) is 35.2 Å². The molecule has 28 heavy (non-hydrogen) atoms. The van der Waals surface area contributed by atoms with Crippen LogP contribution in [0, 0.1) is 46.3 Å². The standard InChI is InChI=1S/C23H17N5/c1-14-2-7-18-17(10-14)23-8-9-27-20(23)19(16-5-3-15(11-24)4-6-16)22(12-25,13-26)21(23)28-18/h2-7,10,21,27-28H,8-9H2,1H3/t21-,23+/m1/s1. The van der Waals surface area contributed by atoms with E-state index in [1.807, 2.05) is 12.1 Å². The normalized spacial score (nSPS) is 25.4. The van der Waals surface area contributed by atoms with Crippen molar-refractivity contribution in [1.82, 2.24) is 5.32 Å². The lowest BCUT2D eigenvalue weighted by Crippen LogP contribution is -2.44. The Morgan fingerprint density at radius 1 is 1.04 bits per heavy atom. The maximum atomic E-state index is 10.3. The smallest absolute Gasteiger partial charge is 0.191 e. The van der Waals surface area contributed by atoms with Gasteiger partial charge in [-0.1, -0.05) is 29.8 Å². The minimum absolute atomic E-state index is 0.345. The lowest BCUT2D eigenvalue weighted by Gasteiger charge is -2.31. The van der Waals surface area contributed by atoms with E-state index in [4.69, 9.17) is 5.26 Å². The second-order valence-corrected chi connectivity index (χ2v) is 7.75. The Hall–Kier alpha value is -3.75. The Morgan fingerprint density at radius 2 is 1.79 bits per heavy atom. The highest BCUT2D eigenvalue weighted by atomic mass is 15.1. The summed E-state index contributed by atoms with van der Waals surface area (Å²) in [7, 11) is 0. The topological polar surface area (TPSA) is 95.4 Å². The van der Waals surface area contributed by atoms with Crippen molar-refractivity contribution in [2.75, 3.05) is 11.9 Å². The van der Waals surface area contributed by atoms with Gasteiger partial charge in [-0.25, -0.2) is 0 Å². The molecule has 2 heterocycles. The van der Waals surface area contributed by atoms with E-state index in [0.29, 0.717) is 5.56 Å². The van der Waals surface area contributed by atoms with Crippen LogP contribution in [0.3, 0.4) is 0 Å². The van der Waals surface area contributed by atoms with Crippen molar-refractivity contribution in [3.63, 3.8) is 0 Å². The summed E-state index contributed by atoms with van der Waals surface area (Å²) in [5.74, 6) is 0. The Labute approximate surface area is 163 Å². The van der Waals surface area contributed by atoms with Crippen molar-refractivity contribution in [3.8, 4) is 18.2 Å². The molecule has 3 aliphatic rings. The van der Waals surface area contributed by atoms with Crippen molar-refractivity contribution < 1.29 is 0 Å². The first kappa shape index (κ1) is 16.4. The molecule has 2 aromatic rings. The number of fused-ring (bicyclic) bond motifs is 1. The van der Waals surface area contributed by atoms with E-state index in [2.05, 4.69) is 54.0 Å². The number of hydrogen-bond donors (Lipinski definition) is 2. The van der Waals surface area contributed by atoms with Crippen LogP contribution in [-0.2, 0) is 5.41 Å². The number of nitriles is 3. The quantitative estimate of drug-likeness (QED) is 0.810. The summed E-state index contributed by atoms with van der Waals surface area (Å²) in [6.45, 7) is 2.86. The van der Waals surface area contributed by atoms with Crippen LogP contribution in [0.25, 0.3) is 5.57 Å². The molecular formula is C23H17N5. The number of aryl methyl sites for hydroxylation is 1. The third-order valence-electron chi connectivity index (χ3n) is 6.45. The summed E-state index contributed by atoms with van der Waals surface area (Å²) in [4.78, 5) is 0. The van der Waals surface area contributed by atoms with Crippen LogP contribution in [0.2, 0.25) is 0 Å². The summed E-state index contributed by atoms with van der Waals surface area (Å²) < 4.78 is 0. The summed E-state index contributed by atoms with van der Waals surface area (Å²) in [5.41, 5.74) is 4.69.